The molecule has 0 aromatic carbocycles. The molecule has 0 aromatic rings. The Labute approximate surface area is 220 Å². The summed E-state index contributed by atoms with van der Waals surface area (Å²) in [7, 11) is 0. The summed E-state index contributed by atoms with van der Waals surface area (Å²) in [6, 6.07) is 0. The zero-order valence-electron chi connectivity index (χ0n) is 22.6. The Hall–Kier alpha value is 0.01000. The van der Waals surface area contributed by atoms with E-state index in [1.54, 1.807) is 0 Å². The smallest absolute Gasteiger partial charge is 0.0701 e. The monoisotopic (exact) mass is 526 g/mol. The van der Waals surface area contributed by atoms with Gasteiger partial charge in [-0.05, 0) is 6.42 Å². The quantitative estimate of drug-likeness (QED) is 0.0828. The van der Waals surface area contributed by atoms with Crippen LogP contribution in [0.4, 0.5) is 0 Å². The van der Waals surface area contributed by atoms with Crippen molar-refractivity contribution in [2.45, 2.75) is 77.6 Å². The van der Waals surface area contributed by atoms with Crippen LogP contribution in [-0.2, 0) is 33.2 Å². The third-order valence-corrected chi connectivity index (χ3v) is 5.50. The third kappa shape index (κ3) is 34.0. The van der Waals surface area contributed by atoms with E-state index in [4.69, 9.17) is 44.8 Å². The molecule has 0 aliphatic carbocycles. The van der Waals surface area contributed by atoms with Crippen LogP contribution in [0, 0.1) is 0 Å². The van der Waals surface area contributed by atoms with Crippen molar-refractivity contribution in [3.8, 4) is 0 Å². The molecule has 0 N–H and O–H groups in total. The Morgan fingerprint density at radius 3 is 0.886 bits per heavy atom. The second-order valence-corrected chi connectivity index (χ2v) is 8.89. The lowest BCUT2D eigenvalue weighted by atomic mass is 10.1. The molecule has 0 bridgehead atoms. The number of hydrogen-bond donors (Lipinski definition) is 0. The van der Waals surface area contributed by atoms with E-state index < -0.39 is 0 Å². The zero-order chi connectivity index (χ0) is 25.3. The zero-order valence-corrected chi connectivity index (χ0v) is 23.4. The summed E-state index contributed by atoms with van der Waals surface area (Å²) in [6.07, 6.45) is 14.9. The molecule has 0 atom stereocenters. The van der Waals surface area contributed by atoms with Gasteiger partial charge in [0.05, 0.1) is 85.9 Å². The normalized spacial score (nSPS) is 11.5. The molecule has 8 heteroatoms. The van der Waals surface area contributed by atoms with Crippen LogP contribution in [0.2, 0.25) is 0 Å². The van der Waals surface area contributed by atoms with Gasteiger partial charge < -0.3 is 33.2 Å². The Kier molecular flexibility index (Phi) is 34.0. The van der Waals surface area contributed by atoms with Gasteiger partial charge in [-0.2, -0.15) is 0 Å². The van der Waals surface area contributed by atoms with Gasteiger partial charge in [0.15, 0.2) is 0 Å². The summed E-state index contributed by atoms with van der Waals surface area (Å²) in [5.41, 5.74) is 0. The summed E-state index contributed by atoms with van der Waals surface area (Å²) in [5, 5.41) is 0. The molecule has 35 heavy (non-hydrogen) atoms. The SMILES string of the molecule is CCCCCCCCCCCCCOCCOCCOCCOCCOCCOCCOCCCl. The first-order chi connectivity index (χ1) is 17.4. The van der Waals surface area contributed by atoms with E-state index in [0.29, 0.717) is 91.8 Å². The lowest BCUT2D eigenvalue weighted by Crippen LogP contribution is -2.14. The van der Waals surface area contributed by atoms with Crippen LogP contribution in [0.15, 0.2) is 0 Å². The molecule has 212 valence electrons. The van der Waals surface area contributed by atoms with Gasteiger partial charge in [0, 0.05) is 12.5 Å². The van der Waals surface area contributed by atoms with Crippen molar-refractivity contribution in [2.24, 2.45) is 0 Å². The molecule has 0 fully saturated rings. The molecule has 7 nitrogen and oxygen atoms in total. The molecule has 0 saturated carbocycles. The summed E-state index contributed by atoms with van der Waals surface area (Å²) in [4.78, 5) is 0. The van der Waals surface area contributed by atoms with Gasteiger partial charge in [-0.15, -0.1) is 11.6 Å². The van der Waals surface area contributed by atoms with E-state index in [1.165, 1.54) is 64.2 Å². The fourth-order valence-electron chi connectivity index (χ4n) is 3.34. The maximum absolute atomic E-state index is 5.63. The molecule has 0 rings (SSSR count). The van der Waals surface area contributed by atoms with Gasteiger partial charge in [0.25, 0.3) is 0 Å². The highest BCUT2D eigenvalue weighted by Gasteiger charge is 1.96. The van der Waals surface area contributed by atoms with Crippen molar-refractivity contribution >= 4 is 11.6 Å². The first kappa shape index (κ1) is 35.0. The van der Waals surface area contributed by atoms with Crippen LogP contribution in [0.25, 0.3) is 0 Å². The summed E-state index contributed by atoms with van der Waals surface area (Å²) in [5.74, 6) is 0.511. The van der Waals surface area contributed by atoms with Crippen LogP contribution in [-0.4, -0.2) is 98.4 Å². The van der Waals surface area contributed by atoms with E-state index in [2.05, 4.69) is 6.92 Å². The summed E-state index contributed by atoms with van der Waals surface area (Å²) < 4.78 is 38.1. The highest BCUT2D eigenvalue weighted by Crippen LogP contribution is 2.11. The fraction of sp³-hybridized carbons (Fsp3) is 1.00. The molecule has 0 heterocycles. The number of unbranched alkanes of at least 4 members (excludes halogenated alkanes) is 10. The maximum Gasteiger partial charge on any atom is 0.0701 e. The minimum absolute atomic E-state index is 0.511. The van der Waals surface area contributed by atoms with Crippen molar-refractivity contribution in [1.29, 1.82) is 0 Å². The number of hydrogen-bond acceptors (Lipinski definition) is 7. The first-order valence-electron chi connectivity index (χ1n) is 14.0. The number of ether oxygens (including phenoxy) is 7. The van der Waals surface area contributed by atoms with Gasteiger partial charge >= 0.3 is 0 Å². The molecule has 0 aliphatic heterocycles. The van der Waals surface area contributed by atoms with Crippen LogP contribution in [0.5, 0.6) is 0 Å². The predicted octanol–water partition coefficient (Wildman–Crippen LogP) is 5.65. The number of rotatable bonds is 32. The molecule has 0 aliphatic rings. The lowest BCUT2D eigenvalue weighted by molar-refractivity contribution is -0.0201. The minimum atomic E-state index is 0.511. The average molecular weight is 527 g/mol. The molecule has 0 saturated heterocycles. The standard InChI is InChI=1S/C27H55ClO7/c1-2-3-4-5-6-7-8-9-10-11-12-14-29-16-18-31-20-22-33-24-26-35-27-25-34-23-21-32-19-17-30-15-13-28/h2-27H2,1H3. The Morgan fingerprint density at radius 2 is 0.571 bits per heavy atom. The van der Waals surface area contributed by atoms with Gasteiger partial charge in [-0.3, -0.25) is 0 Å². The highest BCUT2D eigenvalue weighted by atomic mass is 35.5. The average Bonchev–Trinajstić information content (AvgIpc) is 2.87. The molecule has 0 unspecified atom stereocenters. The molecule has 0 radical (unpaired) electrons. The minimum Gasteiger partial charge on any atom is -0.379 e. The Bertz CT molecular complexity index is 332. The second kappa shape index (κ2) is 34.0. The maximum atomic E-state index is 5.63. The van der Waals surface area contributed by atoms with Gasteiger partial charge in [0.2, 0.25) is 0 Å². The fourth-order valence-corrected chi connectivity index (χ4v) is 3.45. The Balaban J connectivity index is 3.00. The number of halogens is 1. The van der Waals surface area contributed by atoms with Gasteiger partial charge in [0.1, 0.15) is 0 Å². The number of alkyl halides is 1. The first-order valence-corrected chi connectivity index (χ1v) is 14.6. The molecular weight excluding hydrogens is 472 g/mol. The van der Waals surface area contributed by atoms with E-state index in [9.17, 15) is 0 Å². The summed E-state index contributed by atoms with van der Waals surface area (Å²) >= 11 is 5.51. The van der Waals surface area contributed by atoms with Crippen LogP contribution in [0.1, 0.15) is 77.6 Å². The van der Waals surface area contributed by atoms with Crippen molar-refractivity contribution in [3.63, 3.8) is 0 Å². The van der Waals surface area contributed by atoms with E-state index in [0.717, 1.165) is 13.0 Å². The van der Waals surface area contributed by atoms with Gasteiger partial charge in [-0.25, -0.2) is 0 Å². The predicted molar refractivity (Wildman–Crippen MR) is 143 cm³/mol. The topological polar surface area (TPSA) is 64.6 Å². The van der Waals surface area contributed by atoms with Crippen molar-refractivity contribution in [2.75, 3.05) is 98.4 Å². The van der Waals surface area contributed by atoms with Crippen molar-refractivity contribution in [1.82, 2.24) is 0 Å². The van der Waals surface area contributed by atoms with E-state index >= 15 is 0 Å². The molecule has 0 amide bonds. The van der Waals surface area contributed by atoms with Crippen molar-refractivity contribution < 1.29 is 33.2 Å². The molecule has 0 aromatic heterocycles. The highest BCUT2D eigenvalue weighted by molar-refractivity contribution is 6.17. The van der Waals surface area contributed by atoms with E-state index in [1.807, 2.05) is 0 Å². The largest absolute Gasteiger partial charge is 0.379 e. The second-order valence-electron chi connectivity index (χ2n) is 8.51. The van der Waals surface area contributed by atoms with Crippen LogP contribution >= 0.6 is 11.6 Å². The lowest BCUT2D eigenvalue weighted by Gasteiger charge is -2.08. The van der Waals surface area contributed by atoms with Crippen molar-refractivity contribution in [3.05, 3.63) is 0 Å². The molecule has 0 spiro atoms. The van der Waals surface area contributed by atoms with Gasteiger partial charge in [-0.1, -0.05) is 71.1 Å². The summed E-state index contributed by atoms with van der Waals surface area (Å²) in [6.45, 7) is 10.6. The van der Waals surface area contributed by atoms with Crippen LogP contribution in [0.3, 0.4) is 0 Å². The third-order valence-electron chi connectivity index (χ3n) is 5.35. The van der Waals surface area contributed by atoms with Crippen LogP contribution < -0.4 is 0 Å². The van der Waals surface area contributed by atoms with E-state index in [-0.39, 0.29) is 0 Å². The molecular formula is C27H55ClO7. The Morgan fingerprint density at radius 1 is 0.314 bits per heavy atom.